The van der Waals surface area contributed by atoms with E-state index in [1.165, 1.54) is 13.0 Å². The molecule has 0 aromatic carbocycles. The van der Waals surface area contributed by atoms with Crippen LogP contribution in [0.15, 0.2) is 0 Å². The summed E-state index contributed by atoms with van der Waals surface area (Å²) in [6, 6.07) is 0.389. The summed E-state index contributed by atoms with van der Waals surface area (Å²) in [5.41, 5.74) is 0. The van der Waals surface area contributed by atoms with E-state index in [2.05, 4.69) is 24.1 Å². The highest BCUT2D eigenvalue weighted by atomic mass is 16.1. The van der Waals surface area contributed by atoms with Crippen molar-refractivity contribution in [2.24, 2.45) is 5.92 Å². The number of nitrogens with zero attached hydrogens (tertiary/aromatic N) is 1. The number of hydrogen-bond acceptors (Lipinski definition) is 2. The lowest BCUT2D eigenvalue weighted by Crippen LogP contribution is -2.35. The van der Waals surface area contributed by atoms with Crippen LogP contribution in [0.5, 0.6) is 0 Å². The lowest BCUT2D eigenvalue weighted by Gasteiger charge is -2.17. The van der Waals surface area contributed by atoms with E-state index in [4.69, 9.17) is 0 Å². The molecule has 0 radical (unpaired) electrons. The van der Waals surface area contributed by atoms with Gasteiger partial charge in [0, 0.05) is 26.1 Å². The molecule has 14 heavy (non-hydrogen) atoms. The molecule has 1 amide bonds. The fourth-order valence-electron chi connectivity index (χ4n) is 1.88. The molecule has 0 aromatic rings. The van der Waals surface area contributed by atoms with E-state index < -0.39 is 0 Å². The molecule has 1 saturated heterocycles. The van der Waals surface area contributed by atoms with Gasteiger partial charge in [0.05, 0.1) is 0 Å². The zero-order valence-corrected chi connectivity index (χ0v) is 9.55. The molecular formula is C11H22N2O. The molecular weight excluding hydrogens is 176 g/mol. The molecule has 82 valence electrons. The van der Waals surface area contributed by atoms with E-state index >= 15 is 0 Å². The first-order valence-electron chi connectivity index (χ1n) is 5.57. The van der Waals surface area contributed by atoms with Crippen molar-refractivity contribution in [2.75, 3.05) is 19.6 Å². The molecule has 1 N–H and O–H groups in total. The maximum absolute atomic E-state index is 10.8. The fourth-order valence-corrected chi connectivity index (χ4v) is 1.88. The second-order valence-corrected chi connectivity index (χ2v) is 4.67. The van der Waals surface area contributed by atoms with Crippen molar-refractivity contribution in [1.29, 1.82) is 0 Å². The number of carbonyl (C=O) groups excluding carboxylic acids is 1. The number of rotatable bonds is 4. The van der Waals surface area contributed by atoms with Crippen molar-refractivity contribution in [2.45, 2.75) is 39.7 Å². The highest BCUT2D eigenvalue weighted by Gasteiger charge is 2.22. The molecule has 1 atom stereocenters. The Hall–Kier alpha value is -0.570. The van der Waals surface area contributed by atoms with Gasteiger partial charge < -0.3 is 10.2 Å². The van der Waals surface area contributed by atoms with Crippen molar-refractivity contribution in [1.82, 2.24) is 10.2 Å². The standard InChI is InChI=1S/C11H22N2O/c1-9(2)4-6-13-7-5-11(8-13)12-10(3)14/h9,11H,4-8H2,1-3H3,(H,12,14)/t11-/m1/s1. The Balaban J connectivity index is 2.17. The predicted molar refractivity (Wildman–Crippen MR) is 58.1 cm³/mol. The normalized spacial score (nSPS) is 23.0. The van der Waals surface area contributed by atoms with Gasteiger partial charge in [-0.1, -0.05) is 13.8 Å². The van der Waals surface area contributed by atoms with Crippen LogP contribution in [0.2, 0.25) is 0 Å². The first-order valence-corrected chi connectivity index (χ1v) is 5.57. The Bertz CT molecular complexity index is 192. The van der Waals surface area contributed by atoms with Crippen LogP contribution in [0.1, 0.15) is 33.6 Å². The van der Waals surface area contributed by atoms with E-state index in [9.17, 15) is 4.79 Å². The van der Waals surface area contributed by atoms with Crippen LogP contribution in [0.4, 0.5) is 0 Å². The van der Waals surface area contributed by atoms with Crippen molar-refractivity contribution in [3.63, 3.8) is 0 Å². The zero-order valence-electron chi connectivity index (χ0n) is 9.55. The minimum atomic E-state index is 0.0979. The van der Waals surface area contributed by atoms with Gasteiger partial charge in [-0.25, -0.2) is 0 Å². The molecule has 0 aromatic heterocycles. The Morgan fingerprint density at radius 2 is 2.29 bits per heavy atom. The summed E-state index contributed by atoms with van der Waals surface area (Å²) >= 11 is 0. The fraction of sp³-hybridized carbons (Fsp3) is 0.909. The lowest BCUT2D eigenvalue weighted by atomic mass is 10.1. The molecule has 0 spiro atoms. The Kier molecular flexibility index (Phi) is 4.39. The molecule has 1 aliphatic heterocycles. The molecule has 0 bridgehead atoms. The third-order valence-corrected chi connectivity index (χ3v) is 2.70. The summed E-state index contributed by atoms with van der Waals surface area (Å²) in [5.74, 6) is 0.871. The zero-order chi connectivity index (χ0) is 10.6. The Morgan fingerprint density at radius 3 is 2.86 bits per heavy atom. The predicted octanol–water partition coefficient (Wildman–Crippen LogP) is 1.24. The molecule has 1 rings (SSSR count). The quantitative estimate of drug-likeness (QED) is 0.737. The van der Waals surface area contributed by atoms with Gasteiger partial charge in [-0.2, -0.15) is 0 Å². The minimum Gasteiger partial charge on any atom is -0.352 e. The van der Waals surface area contributed by atoms with E-state index in [-0.39, 0.29) is 5.91 Å². The average molecular weight is 198 g/mol. The Labute approximate surface area is 86.9 Å². The van der Waals surface area contributed by atoms with Gasteiger partial charge in [-0.05, 0) is 25.3 Å². The van der Waals surface area contributed by atoms with Gasteiger partial charge in [0.25, 0.3) is 0 Å². The second-order valence-electron chi connectivity index (χ2n) is 4.67. The van der Waals surface area contributed by atoms with Gasteiger partial charge in [0.2, 0.25) is 5.91 Å². The summed E-state index contributed by atoms with van der Waals surface area (Å²) < 4.78 is 0. The van der Waals surface area contributed by atoms with Crippen LogP contribution in [0, 0.1) is 5.92 Å². The second kappa shape index (κ2) is 5.35. The summed E-state index contributed by atoms with van der Waals surface area (Å²) in [7, 11) is 0. The largest absolute Gasteiger partial charge is 0.352 e. The van der Waals surface area contributed by atoms with E-state index in [1.807, 2.05) is 0 Å². The van der Waals surface area contributed by atoms with Crippen molar-refractivity contribution < 1.29 is 4.79 Å². The summed E-state index contributed by atoms with van der Waals surface area (Å²) in [6.45, 7) is 9.44. The summed E-state index contributed by atoms with van der Waals surface area (Å²) in [5, 5.41) is 2.98. The molecule has 1 heterocycles. The maximum Gasteiger partial charge on any atom is 0.217 e. The van der Waals surface area contributed by atoms with Gasteiger partial charge in [0.1, 0.15) is 0 Å². The lowest BCUT2D eigenvalue weighted by molar-refractivity contribution is -0.119. The van der Waals surface area contributed by atoms with Gasteiger partial charge in [-0.15, -0.1) is 0 Å². The SMILES string of the molecule is CC(=O)N[C@@H]1CCN(CCC(C)C)C1. The molecule has 0 aliphatic carbocycles. The molecule has 0 unspecified atom stereocenters. The highest BCUT2D eigenvalue weighted by Crippen LogP contribution is 2.11. The minimum absolute atomic E-state index is 0.0979. The van der Waals surface area contributed by atoms with Crippen LogP contribution >= 0.6 is 0 Å². The summed E-state index contributed by atoms with van der Waals surface area (Å²) in [6.07, 6.45) is 2.37. The van der Waals surface area contributed by atoms with Crippen molar-refractivity contribution in [3.05, 3.63) is 0 Å². The molecule has 3 heteroatoms. The molecule has 0 saturated carbocycles. The maximum atomic E-state index is 10.8. The summed E-state index contributed by atoms with van der Waals surface area (Å²) in [4.78, 5) is 13.3. The highest BCUT2D eigenvalue weighted by molar-refractivity contribution is 5.73. The monoisotopic (exact) mass is 198 g/mol. The average Bonchev–Trinajstić information content (AvgIpc) is 2.47. The number of carbonyl (C=O) groups is 1. The van der Waals surface area contributed by atoms with E-state index in [0.717, 1.165) is 25.4 Å². The topological polar surface area (TPSA) is 32.3 Å². The first kappa shape index (κ1) is 11.5. The van der Waals surface area contributed by atoms with Crippen molar-refractivity contribution >= 4 is 5.91 Å². The smallest absolute Gasteiger partial charge is 0.217 e. The van der Waals surface area contributed by atoms with Crippen molar-refractivity contribution in [3.8, 4) is 0 Å². The first-order chi connectivity index (χ1) is 6.58. The number of hydrogen-bond donors (Lipinski definition) is 1. The van der Waals surface area contributed by atoms with E-state index in [1.54, 1.807) is 6.92 Å². The van der Waals surface area contributed by atoms with Crippen LogP contribution in [0.3, 0.4) is 0 Å². The third-order valence-electron chi connectivity index (χ3n) is 2.70. The van der Waals surface area contributed by atoms with Gasteiger partial charge in [-0.3, -0.25) is 4.79 Å². The van der Waals surface area contributed by atoms with Crippen LogP contribution < -0.4 is 5.32 Å². The molecule has 1 aliphatic rings. The van der Waals surface area contributed by atoms with E-state index in [0.29, 0.717) is 6.04 Å². The van der Waals surface area contributed by atoms with Crippen LogP contribution in [-0.4, -0.2) is 36.5 Å². The van der Waals surface area contributed by atoms with Gasteiger partial charge >= 0.3 is 0 Å². The van der Waals surface area contributed by atoms with Crippen LogP contribution in [-0.2, 0) is 4.79 Å². The molecule has 3 nitrogen and oxygen atoms in total. The third kappa shape index (κ3) is 4.09. The molecule has 1 fully saturated rings. The van der Waals surface area contributed by atoms with Crippen LogP contribution in [0.25, 0.3) is 0 Å². The Morgan fingerprint density at radius 1 is 1.57 bits per heavy atom. The number of amides is 1. The number of likely N-dealkylation sites (tertiary alicyclic amines) is 1. The van der Waals surface area contributed by atoms with Gasteiger partial charge in [0.15, 0.2) is 0 Å². The number of nitrogens with one attached hydrogen (secondary N) is 1.